The van der Waals surface area contributed by atoms with E-state index < -0.39 is 0 Å². The summed E-state index contributed by atoms with van der Waals surface area (Å²) < 4.78 is 0. The Kier molecular flexibility index (Phi) is 4.00. The van der Waals surface area contributed by atoms with E-state index in [-0.39, 0.29) is 25.8 Å². The largest absolute Gasteiger partial charge is 0.184 e. The Labute approximate surface area is 82.7 Å². The van der Waals surface area contributed by atoms with Crippen molar-refractivity contribution in [1.82, 2.24) is 0 Å². The third kappa shape index (κ3) is 3.19. The minimum atomic E-state index is 0. The molecule has 0 heterocycles. The van der Waals surface area contributed by atoms with Crippen LogP contribution in [0.4, 0.5) is 0 Å². The Morgan fingerprint density at radius 1 is 1.27 bits per heavy atom. The van der Waals surface area contributed by atoms with E-state index in [1.165, 1.54) is 5.56 Å². The molecule has 0 aromatic heterocycles. The third-order valence-corrected chi connectivity index (χ3v) is 1.57. The molecular formula is C10H13Re-. The van der Waals surface area contributed by atoms with Crippen LogP contribution in [0.2, 0.25) is 0 Å². The molecule has 11 heavy (non-hydrogen) atoms. The van der Waals surface area contributed by atoms with Crippen LogP contribution in [0.25, 0.3) is 0 Å². The van der Waals surface area contributed by atoms with E-state index in [0.29, 0.717) is 0 Å². The first-order valence-electron chi connectivity index (χ1n) is 3.57. The summed E-state index contributed by atoms with van der Waals surface area (Å²) in [6.07, 6.45) is 0. The first kappa shape index (κ1) is 10.9. The molecule has 0 aliphatic rings. The smallest absolute Gasteiger partial charge is 0 e. The Balaban J connectivity index is 0.000001000. The van der Waals surface area contributed by atoms with Crippen molar-refractivity contribution in [3.63, 3.8) is 0 Å². The monoisotopic (exact) mass is 320 g/mol. The molecule has 0 saturated carbocycles. The van der Waals surface area contributed by atoms with E-state index in [9.17, 15) is 0 Å². The average Bonchev–Trinajstić information content (AvgIpc) is 1.88. The SMILES string of the molecule is CC(C)(C)c1c[c-]ccc1.[Re]. The Hall–Kier alpha value is -0.118. The van der Waals surface area contributed by atoms with Crippen LogP contribution in [0.15, 0.2) is 24.3 Å². The summed E-state index contributed by atoms with van der Waals surface area (Å²) in [5.74, 6) is 0. The molecule has 1 rings (SSSR count). The Bertz CT molecular complexity index is 196. The Morgan fingerprint density at radius 3 is 2.18 bits per heavy atom. The molecule has 0 unspecified atom stereocenters. The fraction of sp³-hybridized carbons (Fsp3) is 0.400. The molecule has 0 aliphatic carbocycles. The summed E-state index contributed by atoms with van der Waals surface area (Å²) in [7, 11) is 0. The normalized spacial score (nSPS) is 10.5. The van der Waals surface area contributed by atoms with Gasteiger partial charge in [0.15, 0.2) is 0 Å². The molecule has 0 saturated heterocycles. The number of benzene rings is 1. The molecule has 0 bridgehead atoms. The van der Waals surface area contributed by atoms with Gasteiger partial charge in [0, 0.05) is 20.4 Å². The predicted octanol–water partition coefficient (Wildman–Crippen LogP) is 2.78. The maximum absolute atomic E-state index is 3.07. The first-order chi connectivity index (χ1) is 4.61. The number of rotatable bonds is 0. The van der Waals surface area contributed by atoms with E-state index in [4.69, 9.17) is 0 Å². The topological polar surface area (TPSA) is 0 Å². The molecule has 0 fully saturated rings. The molecule has 1 radical (unpaired) electrons. The van der Waals surface area contributed by atoms with E-state index in [2.05, 4.69) is 32.9 Å². The van der Waals surface area contributed by atoms with Gasteiger partial charge in [0.1, 0.15) is 0 Å². The molecule has 1 aromatic rings. The van der Waals surface area contributed by atoms with E-state index in [1.54, 1.807) is 0 Å². The molecule has 0 aliphatic heterocycles. The van der Waals surface area contributed by atoms with Crippen molar-refractivity contribution in [2.45, 2.75) is 26.2 Å². The van der Waals surface area contributed by atoms with Crippen LogP contribution in [0.3, 0.4) is 0 Å². The van der Waals surface area contributed by atoms with Crippen molar-refractivity contribution in [3.05, 3.63) is 35.9 Å². The van der Waals surface area contributed by atoms with Crippen LogP contribution in [0.5, 0.6) is 0 Å². The molecule has 0 spiro atoms. The van der Waals surface area contributed by atoms with Crippen LogP contribution in [0, 0.1) is 6.07 Å². The van der Waals surface area contributed by atoms with Crippen LogP contribution >= 0.6 is 0 Å². The van der Waals surface area contributed by atoms with Crippen molar-refractivity contribution < 1.29 is 20.4 Å². The fourth-order valence-electron chi connectivity index (χ4n) is 0.860. The van der Waals surface area contributed by atoms with Crippen molar-refractivity contribution in [2.75, 3.05) is 0 Å². The van der Waals surface area contributed by atoms with Gasteiger partial charge in [0.2, 0.25) is 0 Å². The summed E-state index contributed by atoms with van der Waals surface area (Å²) in [5.41, 5.74) is 1.60. The fourth-order valence-corrected chi connectivity index (χ4v) is 0.860. The van der Waals surface area contributed by atoms with Gasteiger partial charge in [-0.15, -0.1) is 0 Å². The van der Waals surface area contributed by atoms with E-state index in [1.807, 2.05) is 18.2 Å². The molecular weight excluding hydrogens is 306 g/mol. The summed E-state index contributed by atoms with van der Waals surface area (Å²) in [6, 6.07) is 11.2. The van der Waals surface area contributed by atoms with Crippen LogP contribution < -0.4 is 0 Å². The predicted molar refractivity (Wildman–Crippen MR) is 44.0 cm³/mol. The zero-order valence-electron chi connectivity index (χ0n) is 7.19. The minimum absolute atomic E-state index is 0. The standard InChI is InChI=1S/C10H13.Re/c1-10(2,3)9-7-5-4-6-8-9;/h4-5,7-8H,1-3H3;/q-1;. The molecule has 0 N–H and O–H groups in total. The van der Waals surface area contributed by atoms with Crippen LogP contribution in [-0.4, -0.2) is 0 Å². The van der Waals surface area contributed by atoms with E-state index in [0.717, 1.165) is 0 Å². The van der Waals surface area contributed by atoms with Gasteiger partial charge in [-0.2, -0.15) is 35.9 Å². The van der Waals surface area contributed by atoms with Gasteiger partial charge >= 0.3 is 0 Å². The van der Waals surface area contributed by atoms with Gasteiger partial charge in [-0.3, -0.25) is 0 Å². The maximum Gasteiger partial charge on any atom is 0 e. The number of hydrogen-bond donors (Lipinski definition) is 0. The average molecular weight is 319 g/mol. The van der Waals surface area contributed by atoms with Gasteiger partial charge in [-0.1, -0.05) is 26.2 Å². The van der Waals surface area contributed by atoms with Crippen LogP contribution in [0.1, 0.15) is 26.3 Å². The van der Waals surface area contributed by atoms with Gasteiger partial charge in [-0.05, 0) is 0 Å². The quantitative estimate of drug-likeness (QED) is 0.645. The number of hydrogen-bond acceptors (Lipinski definition) is 0. The minimum Gasteiger partial charge on any atom is -0.184 e. The third-order valence-electron chi connectivity index (χ3n) is 1.57. The second kappa shape index (κ2) is 4.05. The first-order valence-corrected chi connectivity index (χ1v) is 3.57. The van der Waals surface area contributed by atoms with Crippen molar-refractivity contribution in [2.24, 2.45) is 0 Å². The van der Waals surface area contributed by atoms with Gasteiger partial charge < -0.3 is 0 Å². The molecule has 0 amide bonds. The van der Waals surface area contributed by atoms with Crippen LogP contribution in [-0.2, 0) is 25.8 Å². The second-order valence-electron chi connectivity index (χ2n) is 3.54. The molecule has 61 valence electrons. The maximum atomic E-state index is 3.07. The summed E-state index contributed by atoms with van der Waals surface area (Å²) in [5, 5.41) is 0. The zero-order chi connectivity index (χ0) is 7.61. The van der Waals surface area contributed by atoms with Gasteiger partial charge in [-0.25, -0.2) is 0 Å². The molecule has 1 aromatic carbocycles. The molecule has 0 atom stereocenters. The van der Waals surface area contributed by atoms with E-state index >= 15 is 0 Å². The Morgan fingerprint density at radius 2 is 1.91 bits per heavy atom. The summed E-state index contributed by atoms with van der Waals surface area (Å²) >= 11 is 0. The van der Waals surface area contributed by atoms with Crippen molar-refractivity contribution >= 4 is 0 Å². The van der Waals surface area contributed by atoms with Gasteiger partial charge in [0.05, 0.1) is 0 Å². The van der Waals surface area contributed by atoms with Gasteiger partial charge in [0.25, 0.3) is 0 Å². The zero-order valence-corrected chi connectivity index (χ0v) is 9.90. The van der Waals surface area contributed by atoms with Crippen molar-refractivity contribution in [3.8, 4) is 0 Å². The molecule has 0 nitrogen and oxygen atoms in total. The molecule has 1 heteroatoms. The summed E-state index contributed by atoms with van der Waals surface area (Å²) in [6.45, 7) is 6.61. The summed E-state index contributed by atoms with van der Waals surface area (Å²) in [4.78, 5) is 0. The second-order valence-corrected chi connectivity index (χ2v) is 3.54. The van der Waals surface area contributed by atoms with Crippen molar-refractivity contribution in [1.29, 1.82) is 0 Å².